The lowest BCUT2D eigenvalue weighted by Crippen LogP contribution is -2.31. The molecule has 0 fully saturated rings. The minimum Gasteiger partial charge on any atom is -0.469 e. The molecule has 0 aliphatic heterocycles. The number of benzene rings is 1. The van der Waals surface area contributed by atoms with Gasteiger partial charge in [0.15, 0.2) is 5.92 Å². The van der Waals surface area contributed by atoms with Crippen molar-refractivity contribution in [2.24, 2.45) is 5.92 Å². The molecule has 0 bridgehead atoms. The van der Waals surface area contributed by atoms with E-state index in [-0.39, 0.29) is 6.42 Å². The highest BCUT2D eigenvalue weighted by atomic mass is 19.4. The van der Waals surface area contributed by atoms with Gasteiger partial charge < -0.3 is 4.74 Å². The number of aryl methyl sites for hydroxylation is 1. The molecule has 0 aliphatic rings. The van der Waals surface area contributed by atoms with E-state index in [1.54, 1.807) is 0 Å². The maximum absolute atomic E-state index is 12.6. The van der Waals surface area contributed by atoms with Gasteiger partial charge in [-0.15, -0.1) is 0 Å². The molecule has 0 saturated heterocycles. The molecule has 1 atom stereocenters. The average molecular weight is 274 g/mol. The molecule has 0 amide bonds. The van der Waals surface area contributed by atoms with Gasteiger partial charge in [0, 0.05) is 0 Å². The summed E-state index contributed by atoms with van der Waals surface area (Å²) < 4.78 is 42.0. The summed E-state index contributed by atoms with van der Waals surface area (Å²) in [5.74, 6) is -3.21. The van der Waals surface area contributed by atoms with Gasteiger partial charge in [0.1, 0.15) is 0 Å². The standard InChI is InChI=1S/C14H17F3O2/c1-19-13(18)12(14(15,16)17)10-6-5-9-11-7-3-2-4-8-11/h2-4,7-8,12H,5-6,9-10H2,1H3. The van der Waals surface area contributed by atoms with Crippen LogP contribution in [0.4, 0.5) is 13.2 Å². The average Bonchev–Trinajstić information content (AvgIpc) is 2.37. The van der Waals surface area contributed by atoms with Crippen molar-refractivity contribution < 1.29 is 22.7 Å². The summed E-state index contributed by atoms with van der Waals surface area (Å²) in [7, 11) is 0.977. The number of unbranched alkanes of at least 4 members (excludes halogenated alkanes) is 1. The SMILES string of the molecule is COC(=O)C(CCCCc1ccccc1)C(F)(F)F. The Morgan fingerprint density at radius 2 is 1.84 bits per heavy atom. The zero-order chi connectivity index (χ0) is 14.3. The lowest BCUT2D eigenvalue weighted by Gasteiger charge is -2.17. The summed E-state index contributed by atoms with van der Waals surface area (Å²) in [4.78, 5) is 11.1. The normalized spacial score (nSPS) is 13.1. The van der Waals surface area contributed by atoms with Crippen LogP contribution in [0.15, 0.2) is 30.3 Å². The van der Waals surface area contributed by atoms with Gasteiger partial charge in [-0.25, -0.2) is 0 Å². The number of hydrogen-bond acceptors (Lipinski definition) is 2. The summed E-state index contributed by atoms with van der Waals surface area (Å²) in [5.41, 5.74) is 1.09. The molecule has 0 aromatic heterocycles. The van der Waals surface area contributed by atoms with Crippen molar-refractivity contribution in [3.8, 4) is 0 Å². The Morgan fingerprint density at radius 1 is 1.21 bits per heavy atom. The molecule has 5 heteroatoms. The predicted molar refractivity (Wildman–Crippen MR) is 65.6 cm³/mol. The minimum absolute atomic E-state index is 0.219. The summed E-state index contributed by atoms with van der Waals surface area (Å²) in [5, 5.41) is 0. The number of hydrogen-bond donors (Lipinski definition) is 0. The Morgan fingerprint density at radius 3 is 2.37 bits per heavy atom. The van der Waals surface area contributed by atoms with E-state index in [2.05, 4.69) is 4.74 Å². The van der Waals surface area contributed by atoms with Crippen molar-refractivity contribution in [2.45, 2.75) is 31.9 Å². The van der Waals surface area contributed by atoms with Gasteiger partial charge in [-0.1, -0.05) is 36.8 Å². The van der Waals surface area contributed by atoms with E-state index in [0.717, 1.165) is 12.7 Å². The van der Waals surface area contributed by atoms with E-state index in [1.807, 2.05) is 30.3 Å². The lowest BCUT2D eigenvalue weighted by molar-refractivity contribution is -0.197. The molecule has 1 rings (SSSR count). The number of carbonyl (C=O) groups is 1. The fourth-order valence-electron chi connectivity index (χ4n) is 1.88. The van der Waals surface area contributed by atoms with E-state index < -0.39 is 18.1 Å². The summed E-state index contributed by atoms with van der Waals surface area (Å²) >= 11 is 0. The van der Waals surface area contributed by atoms with Gasteiger partial charge >= 0.3 is 12.1 Å². The van der Waals surface area contributed by atoms with Crippen LogP contribution in [0.25, 0.3) is 0 Å². The number of esters is 1. The smallest absolute Gasteiger partial charge is 0.402 e. The highest BCUT2D eigenvalue weighted by Gasteiger charge is 2.44. The van der Waals surface area contributed by atoms with Crippen molar-refractivity contribution in [3.63, 3.8) is 0 Å². The topological polar surface area (TPSA) is 26.3 Å². The van der Waals surface area contributed by atoms with Gasteiger partial charge in [0.05, 0.1) is 7.11 Å². The monoisotopic (exact) mass is 274 g/mol. The van der Waals surface area contributed by atoms with Crippen LogP contribution in [-0.2, 0) is 16.0 Å². The first kappa shape index (κ1) is 15.5. The largest absolute Gasteiger partial charge is 0.469 e. The van der Waals surface area contributed by atoms with Crippen LogP contribution in [0.1, 0.15) is 24.8 Å². The van der Waals surface area contributed by atoms with Gasteiger partial charge in [-0.3, -0.25) is 4.79 Å². The first-order valence-electron chi connectivity index (χ1n) is 6.13. The number of methoxy groups -OCH3 is 1. The zero-order valence-corrected chi connectivity index (χ0v) is 10.7. The number of rotatable bonds is 6. The Kier molecular flexibility index (Phi) is 5.86. The van der Waals surface area contributed by atoms with E-state index >= 15 is 0 Å². The van der Waals surface area contributed by atoms with E-state index in [4.69, 9.17) is 0 Å². The van der Waals surface area contributed by atoms with Crippen LogP contribution in [0.5, 0.6) is 0 Å². The molecule has 0 aliphatic carbocycles. The van der Waals surface area contributed by atoms with Gasteiger partial charge in [0.2, 0.25) is 0 Å². The Hall–Kier alpha value is -1.52. The molecule has 1 unspecified atom stereocenters. The molecule has 0 saturated carbocycles. The van der Waals surface area contributed by atoms with Crippen molar-refractivity contribution in [1.29, 1.82) is 0 Å². The van der Waals surface area contributed by atoms with Crippen molar-refractivity contribution in [1.82, 2.24) is 0 Å². The molecular formula is C14H17F3O2. The van der Waals surface area contributed by atoms with E-state index in [0.29, 0.717) is 19.3 Å². The summed E-state index contributed by atoms with van der Waals surface area (Å²) in [6.07, 6.45) is -3.07. The molecule has 0 radical (unpaired) electrons. The molecule has 2 nitrogen and oxygen atoms in total. The van der Waals surface area contributed by atoms with Crippen molar-refractivity contribution >= 4 is 5.97 Å². The molecule has 1 aromatic carbocycles. The first-order valence-corrected chi connectivity index (χ1v) is 6.13. The van der Waals surface area contributed by atoms with E-state index in [1.165, 1.54) is 0 Å². The maximum atomic E-state index is 12.6. The number of alkyl halides is 3. The van der Waals surface area contributed by atoms with Crippen LogP contribution < -0.4 is 0 Å². The van der Waals surface area contributed by atoms with Crippen molar-refractivity contribution in [2.75, 3.05) is 7.11 Å². The summed E-state index contributed by atoms with van der Waals surface area (Å²) in [6, 6.07) is 9.54. The predicted octanol–water partition coefficient (Wildman–Crippen LogP) is 3.75. The molecule has 19 heavy (non-hydrogen) atoms. The van der Waals surface area contributed by atoms with Crippen molar-refractivity contribution in [3.05, 3.63) is 35.9 Å². The third-order valence-corrected chi connectivity index (χ3v) is 2.93. The zero-order valence-electron chi connectivity index (χ0n) is 10.7. The maximum Gasteiger partial charge on any atom is 0.402 e. The molecule has 0 heterocycles. The van der Waals surface area contributed by atoms with Crippen LogP contribution >= 0.6 is 0 Å². The molecule has 1 aromatic rings. The number of ether oxygens (including phenoxy) is 1. The highest BCUT2D eigenvalue weighted by molar-refractivity contribution is 5.73. The first-order chi connectivity index (χ1) is 8.95. The van der Waals surface area contributed by atoms with Gasteiger partial charge in [0.25, 0.3) is 0 Å². The highest BCUT2D eigenvalue weighted by Crippen LogP contribution is 2.31. The van der Waals surface area contributed by atoms with Crippen LogP contribution in [-0.4, -0.2) is 19.3 Å². The van der Waals surface area contributed by atoms with Crippen LogP contribution in [0.2, 0.25) is 0 Å². The number of halogens is 3. The Labute approximate surface area is 110 Å². The minimum atomic E-state index is -4.53. The third-order valence-electron chi connectivity index (χ3n) is 2.93. The van der Waals surface area contributed by atoms with Crippen LogP contribution in [0.3, 0.4) is 0 Å². The quantitative estimate of drug-likeness (QED) is 0.583. The molecule has 0 spiro atoms. The van der Waals surface area contributed by atoms with Gasteiger partial charge in [-0.05, 0) is 24.8 Å². The van der Waals surface area contributed by atoms with Crippen LogP contribution in [0, 0.1) is 5.92 Å². The molecular weight excluding hydrogens is 257 g/mol. The van der Waals surface area contributed by atoms with E-state index in [9.17, 15) is 18.0 Å². The fraction of sp³-hybridized carbons (Fsp3) is 0.500. The van der Waals surface area contributed by atoms with Gasteiger partial charge in [-0.2, -0.15) is 13.2 Å². The lowest BCUT2D eigenvalue weighted by atomic mass is 9.99. The second-order valence-electron chi connectivity index (χ2n) is 4.35. The third kappa shape index (κ3) is 5.32. The summed E-state index contributed by atoms with van der Waals surface area (Å²) in [6.45, 7) is 0. The second kappa shape index (κ2) is 7.16. The number of carbonyl (C=O) groups excluding carboxylic acids is 1. The molecule has 0 N–H and O–H groups in total. The Bertz CT molecular complexity index is 387. The fourth-order valence-corrected chi connectivity index (χ4v) is 1.88. The Balaban J connectivity index is 2.39. The second-order valence-corrected chi connectivity index (χ2v) is 4.35. The molecule has 106 valence electrons.